The molecule has 0 saturated heterocycles. The maximum atomic E-state index is 13.5. The quantitative estimate of drug-likeness (QED) is 0.106. The minimum Gasteiger partial charge on any atom is -0.488 e. The van der Waals surface area contributed by atoms with Gasteiger partial charge < -0.3 is 43.2 Å². The number of nitrogens with two attached hydrogens (primary N) is 3. The van der Waals surface area contributed by atoms with Crippen LogP contribution in [0, 0.1) is 11.3 Å². The molecule has 1 aliphatic heterocycles. The summed E-state index contributed by atoms with van der Waals surface area (Å²) in [4.78, 5) is 52.2. The van der Waals surface area contributed by atoms with Gasteiger partial charge in [0.25, 0.3) is 5.91 Å². The van der Waals surface area contributed by atoms with Gasteiger partial charge in [-0.2, -0.15) is 0 Å². The molecule has 4 amide bonds. The number of rotatable bonds is 7. The van der Waals surface area contributed by atoms with Crippen LogP contribution in [0.3, 0.4) is 0 Å². The van der Waals surface area contributed by atoms with E-state index in [1.54, 1.807) is 18.2 Å². The lowest BCUT2D eigenvalue weighted by atomic mass is 9.97. The summed E-state index contributed by atoms with van der Waals surface area (Å²) in [7, 11) is 0. The van der Waals surface area contributed by atoms with Gasteiger partial charge in [0.05, 0.1) is 5.56 Å². The summed E-state index contributed by atoms with van der Waals surface area (Å²) in [5.74, 6) is -2.60. The van der Waals surface area contributed by atoms with Crippen molar-refractivity contribution >= 4 is 41.0 Å². The molecule has 0 fully saturated rings. The molecular weight excluding hydrogens is 516 g/mol. The Morgan fingerprint density at radius 3 is 2.55 bits per heavy atom. The number of hydrogen-bond acceptors (Lipinski definition) is 7. The first kappa shape index (κ1) is 29.7. The highest BCUT2D eigenvalue weighted by atomic mass is 16.5. The first-order chi connectivity index (χ1) is 19.0. The van der Waals surface area contributed by atoms with Crippen molar-refractivity contribution in [2.75, 3.05) is 17.6 Å². The molecule has 214 valence electrons. The lowest BCUT2D eigenvalue weighted by molar-refractivity contribution is -0.128. The largest absolute Gasteiger partial charge is 0.488 e. The third-order valence-corrected chi connectivity index (χ3v) is 6.68. The van der Waals surface area contributed by atoms with Crippen molar-refractivity contribution in [3.63, 3.8) is 0 Å². The number of guanidine groups is 1. The highest BCUT2D eigenvalue weighted by Crippen LogP contribution is 2.26. The van der Waals surface area contributed by atoms with E-state index in [1.807, 2.05) is 13.8 Å². The van der Waals surface area contributed by atoms with E-state index in [2.05, 4.69) is 21.3 Å². The zero-order valence-corrected chi connectivity index (χ0v) is 22.5. The number of fused-ring (bicyclic) bond motifs is 2. The molecule has 0 spiro atoms. The van der Waals surface area contributed by atoms with Crippen LogP contribution in [0.15, 0.2) is 36.4 Å². The summed E-state index contributed by atoms with van der Waals surface area (Å²) in [6, 6.07) is 7.14. The number of primary amides is 1. The summed E-state index contributed by atoms with van der Waals surface area (Å²) in [6.07, 6.45) is 1.16. The van der Waals surface area contributed by atoms with Gasteiger partial charge in [-0.3, -0.25) is 24.6 Å². The fourth-order valence-corrected chi connectivity index (χ4v) is 4.18. The Morgan fingerprint density at radius 1 is 1.12 bits per heavy atom. The van der Waals surface area contributed by atoms with E-state index < -0.39 is 35.7 Å². The van der Waals surface area contributed by atoms with Crippen LogP contribution in [-0.4, -0.2) is 48.2 Å². The minimum absolute atomic E-state index is 0.0623. The van der Waals surface area contributed by atoms with E-state index >= 15 is 0 Å². The zero-order chi connectivity index (χ0) is 29.4. The second-order valence-electron chi connectivity index (χ2n) is 9.65. The Hall–Kier alpha value is -4.81. The number of amides is 4. The number of carbonyl (C=O) groups is 4. The van der Waals surface area contributed by atoms with Crippen molar-refractivity contribution in [2.24, 2.45) is 17.4 Å². The van der Waals surface area contributed by atoms with Gasteiger partial charge in [-0.1, -0.05) is 26.3 Å². The molecule has 0 bridgehead atoms. The summed E-state index contributed by atoms with van der Waals surface area (Å²) >= 11 is 0. The molecule has 40 heavy (non-hydrogen) atoms. The second kappa shape index (κ2) is 13.3. The van der Waals surface area contributed by atoms with Gasteiger partial charge in [0.15, 0.2) is 5.96 Å². The third-order valence-electron chi connectivity index (χ3n) is 6.68. The number of benzene rings is 2. The van der Waals surface area contributed by atoms with Crippen molar-refractivity contribution < 1.29 is 23.9 Å². The lowest BCUT2D eigenvalue weighted by Gasteiger charge is -2.27. The van der Waals surface area contributed by atoms with Gasteiger partial charge >= 0.3 is 0 Å². The molecule has 0 aromatic heterocycles. The van der Waals surface area contributed by atoms with Crippen molar-refractivity contribution in [1.29, 1.82) is 5.41 Å². The molecular formula is C27H36N8O5. The zero-order valence-electron chi connectivity index (χ0n) is 22.5. The predicted molar refractivity (Wildman–Crippen MR) is 151 cm³/mol. The smallest absolute Gasteiger partial charge is 0.255 e. The summed E-state index contributed by atoms with van der Waals surface area (Å²) in [5.41, 5.74) is 18.2. The van der Waals surface area contributed by atoms with Crippen molar-refractivity contribution in [2.45, 2.75) is 51.8 Å². The lowest BCUT2D eigenvalue weighted by Crippen LogP contribution is -2.55. The molecule has 0 saturated carbocycles. The van der Waals surface area contributed by atoms with Crippen molar-refractivity contribution in [1.82, 2.24) is 16.0 Å². The summed E-state index contributed by atoms with van der Waals surface area (Å²) in [5, 5.41) is 18.3. The summed E-state index contributed by atoms with van der Waals surface area (Å²) in [6.45, 7) is 3.94. The van der Waals surface area contributed by atoms with Crippen LogP contribution in [0.25, 0.3) is 0 Å². The van der Waals surface area contributed by atoms with Crippen molar-refractivity contribution in [3.8, 4) is 5.75 Å². The first-order valence-electron chi connectivity index (χ1n) is 12.9. The van der Waals surface area contributed by atoms with Gasteiger partial charge in [-0.05, 0) is 49.1 Å². The molecule has 1 heterocycles. The maximum Gasteiger partial charge on any atom is 0.255 e. The van der Waals surface area contributed by atoms with Crippen LogP contribution in [0.5, 0.6) is 5.75 Å². The second-order valence-corrected chi connectivity index (χ2v) is 9.65. The van der Waals surface area contributed by atoms with Crippen LogP contribution in [0.1, 0.15) is 59.4 Å². The molecule has 2 aromatic rings. The SMILES string of the molecule is CC[C@H](C)[C@@H]1NC(=O)c2cc(N)ccc2OCc2ccc(C(N)=O)cc2NC(=O)[C@H](CCCNC(=N)N)NC1=O. The van der Waals surface area contributed by atoms with Crippen LogP contribution < -0.4 is 43.2 Å². The summed E-state index contributed by atoms with van der Waals surface area (Å²) < 4.78 is 5.97. The van der Waals surface area contributed by atoms with Gasteiger partial charge in [0.2, 0.25) is 17.7 Å². The number of carbonyl (C=O) groups excluding carboxylic acids is 4. The highest BCUT2D eigenvalue weighted by molar-refractivity contribution is 6.03. The molecule has 2 aromatic carbocycles. The Morgan fingerprint density at radius 2 is 1.88 bits per heavy atom. The number of nitrogens with one attached hydrogen (secondary N) is 5. The van der Waals surface area contributed by atoms with E-state index in [4.69, 9.17) is 27.3 Å². The van der Waals surface area contributed by atoms with E-state index in [0.717, 1.165) is 0 Å². The third kappa shape index (κ3) is 7.62. The molecule has 11 N–H and O–H groups in total. The topological polar surface area (TPSA) is 228 Å². The monoisotopic (exact) mass is 552 g/mol. The average molecular weight is 553 g/mol. The molecule has 13 heteroatoms. The van der Waals surface area contributed by atoms with Crippen LogP contribution in [0.2, 0.25) is 0 Å². The molecule has 0 unspecified atom stereocenters. The number of hydrogen-bond donors (Lipinski definition) is 8. The van der Waals surface area contributed by atoms with Gasteiger partial charge in [-0.15, -0.1) is 0 Å². The Balaban J connectivity index is 2.06. The minimum atomic E-state index is -1.01. The van der Waals surface area contributed by atoms with Gasteiger partial charge in [0, 0.05) is 29.0 Å². The average Bonchev–Trinajstić information content (AvgIpc) is 2.91. The standard InChI is InChI=1S/C27H36N8O5/c1-3-14(2)22-26(39)33-19(5-4-10-32-27(30)31)25(38)34-20-11-15(23(29)36)6-7-16(20)13-40-21-9-8-17(28)12-18(21)24(37)35-22/h6-9,11-12,14,19,22H,3-5,10,13,28H2,1-2H3,(H2,29,36)(H,33,39)(H,34,38)(H,35,37)(H4,30,31,32)/t14-,19-,22-/m0/s1. The molecule has 1 aliphatic rings. The number of nitrogen functional groups attached to an aromatic ring is 1. The Kier molecular flexibility index (Phi) is 9.90. The Bertz CT molecular complexity index is 1300. The van der Waals surface area contributed by atoms with Gasteiger partial charge in [0.1, 0.15) is 24.4 Å². The molecule has 3 rings (SSSR count). The van der Waals surface area contributed by atoms with E-state index in [0.29, 0.717) is 30.6 Å². The molecule has 0 radical (unpaired) electrons. The highest BCUT2D eigenvalue weighted by Gasteiger charge is 2.31. The van der Waals surface area contributed by atoms with Gasteiger partial charge in [-0.25, -0.2) is 0 Å². The van der Waals surface area contributed by atoms with Crippen LogP contribution in [-0.2, 0) is 16.2 Å². The van der Waals surface area contributed by atoms with Crippen molar-refractivity contribution in [3.05, 3.63) is 53.1 Å². The first-order valence-corrected chi connectivity index (χ1v) is 12.9. The fourth-order valence-electron chi connectivity index (χ4n) is 4.18. The fraction of sp³-hybridized carbons (Fsp3) is 0.370. The van der Waals surface area contributed by atoms with E-state index in [-0.39, 0.29) is 47.5 Å². The molecule has 13 nitrogen and oxygen atoms in total. The predicted octanol–water partition coefficient (Wildman–Crippen LogP) is 0.791. The number of anilines is 2. The van der Waals surface area contributed by atoms with E-state index in [1.165, 1.54) is 18.2 Å². The van der Waals surface area contributed by atoms with E-state index in [9.17, 15) is 19.2 Å². The van der Waals surface area contributed by atoms with Crippen LogP contribution in [0.4, 0.5) is 11.4 Å². The molecule has 0 aliphatic carbocycles. The maximum absolute atomic E-state index is 13.5. The normalized spacial score (nSPS) is 18.4. The van der Waals surface area contributed by atoms with Crippen LogP contribution >= 0.6 is 0 Å². The Labute approximate surface area is 232 Å². The molecule has 3 atom stereocenters. The number of ether oxygens (including phenoxy) is 1.